The van der Waals surface area contributed by atoms with Crippen LogP contribution in [0.3, 0.4) is 0 Å². The Morgan fingerprint density at radius 3 is 2.57 bits per heavy atom. The van der Waals surface area contributed by atoms with Crippen molar-refractivity contribution in [2.24, 2.45) is 5.92 Å². The molecule has 2 unspecified atom stereocenters. The largest absolute Gasteiger partial charge is 0.481 e. The SMILES string of the molecule is CCCOC(OPCC(=O)O)C(C)C. The number of rotatable bonds is 8. The average molecular weight is 222 g/mol. The van der Waals surface area contributed by atoms with Crippen molar-refractivity contribution in [1.29, 1.82) is 0 Å². The second-order valence-corrected chi connectivity index (χ2v) is 4.19. The van der Waals surface area contributed by atoms with E-state index in [-0.39, 0.29) is 27.2 Å². The van der Waals surface area contributed by atoms with E-state index in [1.54, 1.807) is 0 Å². The summed E-state index contributed by atoms with van der Waals surface area (Å²) in [6, 6.07) is 0. The van der Waals surface area contributed by atoms with Gasteiger partial charge in [-0.25, -0.2) is 0 Å². The van der Waals surface area contributed by atoms with Gasteiger partial charge in [0.05, 0.1) is 6.16 Å². The predicted octanol–water partition coefficient (Wildman–Crippen LogP) is 2.09. The van der Waals surface area contributed by atoms with Gasteiger partial charge in [-0.1, -0.05) is 20.8 Å². The predicted molar refractivity (Wildman–Crippen MR) is 56.8 cm³/mol. The van der Waals surface area contributed by atoms with E-state index < -0.39 is 5.97 Å². The van der Waals surface area contributed by atoms with Crippen LogP contribution in [0.4, 0.5) is 0 Å². The fourth-order valence-electron chi connectivity index (χ4n) is 0.782. The molecular formula is C9H19O4P. The van der Waals surface area contributed by atoms with Crippen LogP contribution in [-0.4, -0.2) is 30.1 Å². The first-order valence-electron chi connectivity index (χ1n) is 4.79. The molecule has 0 rings (SSSR count). The summed E-state index contributed by atoms with van der Waals surface area (Å²) < 4.78 is 10.8. The van der Waals surface area contributed by atoms with Gasteiger partial charge in [0, 0.05) is 21.3 Å². The minimum atomic E-state index is -0.832. The van der Waals surface area contributed by atoms with Gasteiger partial charge in [-0.05, 0) is 6.42 Å². The molecule has 2 atom stereocenters. The molecule has 0 aromatic rings. The van der Waals surface area contributed by atoms with Gasteiger partial charge in [0.25, 0.3) is 0 Å². The molecule has 0 fully saturated rings. The molecule has 0 amide bonds. The summed E-state index contributed by atoms with van der Waals surface area (Å²) >= 11 is 0. The Hall–Kier alpha value is -0.180. The number of hydrogen-bond donors (Lipinski definition) is 1. The zero-order valence-corrected chi connectivity index (χ0v) is 9.95. The topological polar surface area (TPSA) is 55.8 Å². The minimum absolute atomic E-state index is 0.0276. The van der Waals surface area contributed by atoms with Crippen LogP contribution in [0.1, 0.15) is 27.2 Å². The third-order valence-corrected chi connectivity index (χ3v) is 2.30. The zero-order valence-electron chi connectivity index (χ0n) is 8.95. The fourth-order valence-corrected chi connectivity index (χ4v) is 1.49. The van der Waals surface area contributed by atoms with Gasteiger partial charge in [-0.3, -0.25) is 4.79 Å². The highest BCUT2D eigenvalue weighted by Crippen LogP contribution is 2.20. The summed E-state index contributed by atoms with van der Waals surface area (Å²) in [5.74, 6) is -0.579. The van der Waals surface area contributed by atoms with Gasteiger partial charge in [-0.15, -0.1) is 0 Å². The van der Waals surface area contributed by atoms with Gasteiger partial charge >= 0.3 is 5.97 Å². The molecule has 0 aliphatic rings. The van der Waals surface area contributed by atoms with E-state index in [9.17, 15) is 4.79 Å². The molecule has 0 heterocycles. The van der Waals surface area contributed by atoms with Crippen molar-refractivity contribution >= 4 is 14.8 Å². The first kappa shape index (κ1) is 13.8. The average Bonchev–Trinajstić information content (AvgIpc) is 2.09. The lowest BCUT2D eigenvalue weighted by atomic mass is 10.2. The number of hydrogen-bond acceptors (Lipinski definition) is 3. The summed E-state index contributed by atoms with van der Waals surface area (Å²) in [4.78, 5) is 10.3. The van der Waals surface area contributed by atoms with Gasteiger partial charge in [0.1, 0.15) is 0 Å². The third-order valence-electron chi connectivity index (χ3n) is 1.45. The van der Waals surface area contributed by atoms with E-state index in [2.05, 4.69) is 0 Å². The van der Waals surface area contributed by atoms with Crippen LogP contribution in [0.5, 0.6) is 0 Å². The lowest BCUT2D eigenvalue weighted by molar-refractivity contribution is -0.134. The molecule has 0 aromatic carbocycles. The zero-order chi connectivity index (χ0) is 11.0. The Balaban J connectivity index is 3.67. The highest BCUT2D eigenvalue weighted by atomic mass is 31.1. The molecule has 0 aliphatic heterocycles. The van der Waals surface area contributed by atoms with Crippen LogP contribution in [-0.2, 0) is 14.1 Å². The number of aliphatic carboxylic acids is 1. The maximum Gasteiger partial charge on any atom is 0.309 e. The molecule has 84 valence electrons. The molecule has 0 bridgehead atoms. The van der Waals surface area contributed by atoms with E-state index in [1.807, 2.05) is 20.8 Å². The molecule has 0 aromatic heterocycles. The Bertz CT molecular complexity index is 161. The molecule has 0 radical (unpaired) electrons. The Morgan fingerprint density at radius 1 is 1.50 bits per heavy atom. The first-order chi connectivity index (χ1) is 6.57. The van der Waals surface area contributed by atoms with E-state index in [0.29, 0.717) is 6.61 Å². The lowest BCUT2D eigenvalue weighted by Crippen LogP contribution is -2.21. The summed E-state index contributed by atoms with van der Waals surface area (Å²) in [5.41, 5.74) is 0. The monoisotopic (exact) mass is 222 g/mol. The summed E-state index contributed by atoms with van der Waals surface area (Å²) in [7, 11) is -0.0276. The third kappa shape index (κ3) is 7.25. The highest BCUT2D eigenvalue weighted by Gasteiger charge is 2.14. The maximum absolute atomic E-state index is 10.3. The van der Waals surface area contributed by atoms with Crippen molar-refractivity contribution in [2.45, 2.75) is 33.5 Å². The van der Waals surface area contributed by atoms with Gasteiger partial charge in [0.15, 0.2) is 6.29 Å². The Morgan fingerprint density at radius 2 is 2.14 bits per heavy atom. The van der Waals surface area contributed by atoms with Crippen LogP contribution in [0.2, 0.25) is 0 Å². The molecule has 14 heavy (non-hydrogen) atoms. The van der Waals surface area contributed by atoms with Crippen molar-refractivity contribution in [3.05, 3.63) is 0 Å². The van der Waals surface area contributed by atoms with E-state index >= 15 is 0 Å². The number of carboxylic acid groups (broad SMARTS) is 1. The number of carboxylic acids is 1. The molecule has 0 saturated heterocycles. The molecule has 0 aliphatic carbocycles. The Labute approximate surface area is 86.8 Å². The van der Waals surface area contributed by atoms with Crippen LogP contribution in [0, 0.1) is 5.92 Å². The molecule has 0 saturated carbocycles. The van der Waals surface area contributed by atoms with E-state index in [4.69, 9.17) is 14.4 Å². The smallest absolute Gasteiger partial charge is 0.309 e. The van der Waals surface area contributed by atoms with Crippen molar-refractivity contribution in [3.63, 3.8) is 0 Å². The van der Waals surface area contributed by atoms with Gasteiger partial charge in [-0.2, -0.15) is 0 Å². The van der Waals surface area contributed by atoms with Gasteiger partial charge in [0.2, 0.25) is 0 Å². The second kappa shape index (κ2) is 8.16. The summed E-state index contributed by atoms with van der Waals surface area (Å²) in [6.07, 6.45) is 0.723. The molecule has 4 nitrogen and oxygen atoms in total. The maximum atomic E-state index is 10.3. The van der Waals surface area contributed by atoms with Crippen LogP contribution >= 0.6 is 8.81 Å². The van der Waals surface area contributed by atoms with Crippen LogP contribution in [0.15, 0.2) is 0 Å². The van der Waals surface area contributed by atoms with Crippen molar-refractivity contribution in [2.75, 3.05) is 12.8 Å². The first-order valence-corrected chi connectivity index (χ1v) is 5.91. The Kier molecular flexibility index (Phi) is 8.05. The van der Waals surface area contributed by atoms with E-state index in [0.717, 1.165) is 6.42 Å². The van der Waals surface area contributed by atoms with Crippen LogP contribution in [0.25, 0.3) is 0 Å². The normalized spacial score (nSPS) is 14.0. The minimum Gasteiger partial charge on any atom is -0.481 e. The number of ether oxygens (including phenoxy) is 1. The second-order valence-electron chi connectivity index (χ2n) is 3.32. The van der Waals surface area contributed by atoms with E-state index in [1.165, 1.54) is 0 Å². The number of carbonyl (C=O) groups is 1. The molecule has 1 N–H and O–H groups in total. The fraction of sp³-hybridized carbons (Fsp3) is 0.889. The molecular weight excluding hydrogens is 203 g/mol. The highest BCUT2D eigenvalue weighted by molar-refractivity contribution is 7.33. The van der Waals surface area contributed by atoms with Gasteiger partial charge < -0.3 is 14.4 Å². The summed E-state index contributed by atoms with van der Waals surface area (Å²) in [6.45, 7) is 6.66. The van der Waals surface area contributed by atoms with Crippen molar-refractivity contribution < 1.29 is 19.2 Å². The molecule has 5 heteroatoms. The van der Waals surface area contributed by atoms with Crippen LogP contribution < -0.4 is 0 Å². The van der Waals surface area contributed by atoms with Crippen molar-refractivity contribution in [3.8, 4) is 0 Å². The summed E-state index contributed by atoms with van der Waals surface area (Å²) in [5, 5.41) is 8.43. The quantitative estimate of drug-likeness (QED) is 0.504. The lowest BCUT2D eigenvalue weighted by Gasteiger charge is -2.20. The van der Waals surface area contributed by atoms with Crippen molar-refractivity contribution in [1.82, 2.24) is 0 Å². The standard InChI is InChI=1S/C9H19O4P/c1-4-5-12-9(7(2)3)13-14-6-8(10)11/h7,9,14H,4-6H2,1-3H3,(H,10,11). The molecule has 0 spiro atoms.